The summed E-state index contributed by atoms with van der Waals surface area (Å²) < 4.78 is 12.1. The summed E-state index contributed by atoms with van der Waals surface area (Å²) in [6.07, 6.45) is 2.41. The van der Waals surface area contributed by atoms with E-state index in [-0.39, 0.29) is 17.3 Å². The quantitative estimate of drug-likeness (QED) is 0.363. The Morgan fingerprint density at radius 1 is 0.941 bits per heavy atom. The summed E-state index contributed by atoms with van der Waals surface area (Å²) in [4.78, 5) is 0. The molecule has 0 fully saturated rings. The van der Waals surface area contributed by atoms with Crippen LogP contribution in [-0.2, 0) is 0 Å². The predicted molar refractivity (Wildman–Crippen MR) is 140 cm³/mol. The Balaban J connectivity index is 0.000000469. The van der Waals surface area contributed by atoms with E-state index in [1.807, 2.05) is 42.5 Å². The summed E-state index contributed by atoms with van der Waals surface area (Å²) >= 11 is 0. The molecule has 2 atom stereocenters. The molecule has 182 valence electrons. The molecule has 0 saturated carbocycles. The predicted octanol–water partition coefficient (Wildman–Crippen LogP) is 6.79. The van der Waals surface area contributed by atoms with Crippen LogP contribution in [0.25, 0.3) is 0 Å². The molecular weight excluding hydrogens is 422 g/mol. The van der Waals surface area contributed by atoms with Crippen molar-refractivity contribution in [3.63, 3.8) is 0 Å². The molecule has 4 nitrogen and oxygen atoms in total. The number of hydrogen-bond acceptors (Lipinski definition) is 4. The van der Waals surface area contributed by atoms with Crippen molar-refractivity contribution in [1.29, 1.82) is 0 Å². The van der Waals surface area contributed by atoms with Gasteiger partial charge in [0.15, 0.2) is 0 Å². The van der Waals surface area contributed by atoms with Crippen LogP contribution in [0.5, 0.6) is 17.2 Å². The van der Waals surface area contributed by atoms with Gasteiger partial charge in [0, 0.05) is 30.0 Å². The van der Waals surface area contributed by atoms with E-state index in [9.17, 15) is 5.11 Å². The van der Waals surface area contributed by atoms with Crippen LogP contribution in [0.2, 0.25) is 0 Å². The lowest BCUT2D eigenvalue weighted by atomic mass is 9.72. The SMILES string of the molecule is CCCCNCCOc1ccc([C@@H]2c3ccc(O)cc3OC(C)(C)C2C)cc1.c1ccccc1. The van der Waals surface area contributed by atoms with Gasteiger partial charge in [-0.2, -0.15) is 0 Å². The summed E-state index contributed by atoms with van der Waals surface area (Å²) in [5.41, 5.74) is 2.05. The topological polar surface area (TPSA) is 50.7 Å². The summed E-state index contributed by atoms with van der Waals surface area (Å²) in [6.45, 7) is 11.2. The minimum Gasteiger partial charge on any atom is -0.508 e. The zero-order valence-corrected chi connectivity index (χ0v) is 21.0. The zero-order valence-electron chi connectivity index (χ0n) is 21.0. The molecule has 1 aliphatic rings. The highest BCUT2D eigenvalue weighted by atomic mass is 16.5. The lowest BCUT2D eigenvalue weighted by Crippen LogP contribution is -2.43. The van der Waals surface area contributed by atoms with Crippen molar-refractivity contribution in [1.82, 2.24) is 5.32 Å². The van der Waals surface area contributed by atoms with Gasteiger partial charge in [0.25, 0.3) is 0 Å². The van der Waals surface area contributed by atoms with E-state index in [2.05, 4.69) is 57.3 Å². The molecule has 0 aliphatic carbocycles. The molecule has 3 aromatic rings. The van der Waals surface area contributed by atoms with Gasteiger partial charge in [-0.25, -0.2) is 0 Å². The fraction of sp³-hybridized carbons (Fsp3) is 0.400. The van der Waals surface area contributed by atoms with E-state index in [0.717, 1.165) is 30.2 Å². The Morgan fingerprint density at radius 2 is 1.59 bits per heavy atom. The molecule has 0 saturated heterocycles. The zero-order chi connectivity index (χ0) is 24.4. The van der Waals surface area contributed by atoms with Crippen LogP contribution in [0.1, 0.15) is 57.6 Å². The largest absolute Gasteiger partial charge is 0.508 e. The van der Waals surface area contributed by atoms with Gasteiger partial charge in [-0.3, -0.25) is 0 Å². The van der Waals surface area contributed by atoms with Crippen molar-refractivity contribution in [2.75, 3.05) is 19.7 Å². The van der Waals surface area contributed by atoms with Crippen LogP contribution in [-0.4, -0.2) is 30.4 Å². The van der Waals surface area contributed by atoms with Gasteiger partial charge >= 0.3 is 0 Å². The van der Waals surface area contributed by atoms with E-state index in [1.54, 1.807) is 12.1 Å². The highest BCUT2D eigenvalue weighted by Gasteiger charge is 2.41. The first-order chi connectivity index (χ1) is 16.4. The van der Waals surface area contributed by atoms with E-state index in [0.29, 0.717) is 12.5 Å². The van der Waals surface area contributed by atoms with Gasteiger partial charge in [-0.05, 0) is 50.6 Å². The first-order valence-electron chi connectivity index (χ1n) is 12.4. The number of phenolic OH excluding ortho intramolecular Hbond substituents is 1. The third-order valence-corrected chi connectivity index (χ3v) is 6.46. The van der Waals surface area contributed by atoms with Crippen molar-refractivity contribution in [2.45, 2.75) is 52.1 Å². The smallest absolute Gasteiger partial charge is 0.127 e. The lowest BCUT2D eigenvalue weighted by Gasteiger charge is -2.43. The van der Waals surface area contributed by atoms with Crippen LogP contribution in [0.4, 0.5) is 0 Å². The van der Waals surface area contributed by atoms with Gasteiger partial charge in [-0.1, -0.05) is 74.9 Å². The minimum atomic E-state index is -0.315. The Kier molecular flexibility index (Phi) is 9.41. The molecule has 0 radical (unpaired) electrons. The molecular formula is C30H39NO3. The molecule has 4 heteroatoms. The Bertz CT molecular complexity index is 959. The first-order valence-corrected chi connectivity index (χ1v) is 12.4. The molecule has 34 heavy (non-hydrogen) atoms. The fourth-order valence-corrected chi connectivity index (χ4v) is 4.21. The summed E-state index contributed by atoms with van der Waals surface area (Å²) in [7, 11) is 0. The molecule has 3 aromatic carbocycles. The summed E-state index contributed by atoms with van der Waals surface area (Å²) in [5.74, 6) is 2.40. The maximum absolute atomic E-state index is 9.87. The van der Waals surface area contributed by atoms with Gasteiger partial charge < -0.3 is 19.9 Å². The van der Waals surface area contributed by atoms with Gasteiger partial charge in [0.1, 0.15) is 29.5 Å². The van der Waals surface area contributed by atoms with E-state index >= 15 is 0 Å². The van der Waals surface area contributed by atoms with E-state index < -0.39 is 0 Å². The van der Waals surface area contributed by atoms with Crippen molar-refractivity contribution >= 4 is 0 Å². The second-order valence-electron chi connectivity index (χ2n) is 9.37. The monoisotopic (exact) mass is 461 g/mol. The third-order valence-electron chi connectivity index (χ3n) is 6.46. The molecule has 0 amide bonds. The first kappa shape index (κ1) is 25.6. The van der Waals surface area contributed by atoms with Crippen molar-refractivity contribution in [3.05, 3.63) is 90.0 Å². The molecule has 1 unspecified atom stereocenters. The maximum Gasteiger partial charge on any atom is 0.127 e. The number of nitrogens with one attached hydrogen (secondary N) is 1. The Hall–Kier alpha value is -2.98. The lowest BCUT2D eigenvalue weighted by molar-refractivity contribution is 0.0257. The average molecular weight is 462 g/mol. The number of hydrogen-bond donors (Lipinski definition) is 2. The highest BCUT2D eigenvalue weighted by molar-refractivity contribution is 5.49. The van der Waals surface area contributed by atoms with Crippen LogP contribution >= 0.6 is 0 Å². The molecule has 0 aromatic heterocycles. The Labute approximate surface area is 204 Å². The average Bonchev–Trinajstić information content (AvgIpc) is 2.84. The van der Waals surface area contributed by atoms with Crippen LogP contribution in [0, 0.1) is 5.92 Å². The Morgan fingerprint density at radius 3 is 2.21 bits per heavy atom. The number of fused-ring (bicyclic) bond motifs is 1. The summed E-state index contributed by atoms with van der Waals surface area (Å²) in [6, 6.07) is 25.8. The van der Waals surface area contributed by atoms with Crippen LogP contribution < -0.4 is 14.8 Å². The number of aromatic hydroxyl groups is 1. The van der Waals surface area contributed by atoms with Crippen molar-refractivity contribution < 1.29 is 14.6 Å². The van der Waals surface area contributed by atoms with Crippen molar-refractivity contribution in [2.24, 2.45) is 5.92 Å². The normalized spacial score (nSPS) is 18.1. The number of ether oxygens (including phenoxy) is 2. The molecule has 0 spiro atoms. The number of unbranched alkanes of at least 4 members (excludes halogenated alkanes) is 1. The number of benzene rings is 3. The molecule has 2 N–H and O–H groups in total. The van der Waals surface area contributed by atoms with Crippen LogP contribution in [0.15, 0.2) is 78.9 Å². The van der Waals surface area contributed by atoms with Gasteiger partial charge in [0.05, 0.1) is 0 Å². The van der Waals surface area contributed by atoms with E-state index in [4.69, 9.17) is 9.47 Å². The maximum atomic E-state index is 9.87. The fourth-order valence-electron chi connectivity index (χ4n) is 4.21. The van der Waals surface area contributed by atoms with Crippen LogP contribution in [0.3, 0.4) is 0 Å². The highest BCUT2D eigenvalue weighted by Crippen LogP contribution is 2.48. The van der Waals surface area contributed by atoms with Gasteiger partial charge in [0.2, 0.25) is 0 Å². The molecule has 1 aliphatic heterocycles. The van der Waals surface area contributed by atoms with Crippen molar-refractivity contribution in [3.8, 4) is 17.2 Å². The minimum absolute atomic E-state index is 0.212. The third kappa shape index (κ3) is 7.01. The second-order valence-corrected chi connectivity index (χ2v) is 9.37. The molecule has 4 rings (SSSR count). The van der Waals surface area contributed by atoms with Gasteiger partial charge in [-0.15, -0.1) is 0 Å². The second kappa shape index (κ2) is 12.5. The number of phenols is 1. The molecule has 1 heterocycles. The molecule has 0 bridgehead atoms. The van der Waals surface area contributed by atoms with E-state index in [1.165, 1.54) is 18.4 Å². The standard InChI is InChI=1S/C24H33NO3.C6H6/c1-5-6-13-25-14-15-27-20-10-7-18(8-11-20)23-17(2)24(3,4)28-22-16-19(26)9-12-21(22)23;1-2-4-6-5-3-1/h7-12,16-17,23,25-26H,5-6,13-15H2,1-4H3;1-6H/t17?,23-;/m1./s1. The number of rotatable bonds is 8. The summed E-state index contributed by atoms with van der Waals surface area (Å²) in [5, 5.41) is 13.3.